The monoisotopic (exact) mass is 325 g/mol. The summed E-state index contributed by atoms with van der Waals surface area (Å²) in [5.41, 5.74) is 0.395. The second-order valence-corrected chi connectivity index (χ2v) is 4.56. The van der Waals surface area contributed by atoms with Gasteiger partial charge >= 0.3 is 6.09 Å². The zero-order valence-electron chi connectivity index (χ0n) is 11.9. The van der Waals surface area contributed by atoms with Crippen LogP contribution in [-0.4, -0.2) is 20.3 Å². The van der Waals surface area contributed by atoms with Gasteiger partial charge in [0.2, 0.25) is 0 Å². The quantitative estimate of drug-likeness (QED) is 0.919. The number of ether oxygens (including phenoxy) is 3. The Kier molecular flexibility index (Phi) is 5.06. The molecule has 0 radical (unpaired) electrons. The second kappa shape index (κ2) is 7.00. The summed E-state index contributed by atoms with van der Waals surface area (Å²) in [5.74, 6) is 0.515. The molecule has 2 aromatic rings. The third kappa shape index (κ3) is 3.79. The van der Waals surface area contributed by atoms with Gasteiger partial charge in [-0.1, -0.05) is 11.6 Å². The lowest BCUT2D eigenvalue weighted by molar-refractivity contribution is 0.215. The van der Waals surface area contributed by atoms with Gasteiger partial charge in [0, 0.05) is 6.07 Å². The van der Waals surface area contributed by atoms with Gasteiger partial charge in [0.1, 0.15) is 17.3 Å². The number of anilines is 1. The van der Waals surface area contributed by atoms with E-state index in [2.05, 4.69) is 5.32 Å². The van der Waals surface area contributed by atoms with Crippen LogP contribution in [0.1, 0.15) is 0 Å². The highest BCUT2D eigenvalue weighted by Crippen LogP contribution is 2.30. The van der Waals surface area contributed by atoms with Crippen molar-refractivity contribution in [1.82, 2.24) is 0 Å². The summed E-state index contributed by atoms with van der Waals surface area (Å²) in [6.45, 7) is 0. The van der Waals surface area contributed by atoms with E-state index >= 15 is 0 Å². The molecule has 0 aliphatic heterocycles. The van der Waals surface area contributed by atoms with Gasteiger partial charge in [-0.25, -0.2) is 9.18 Å². The zero-order chi connectivity index (χ0) is 16.1. The van der Waals surface area contributed by atoms with Crippen LogP contribution in [0, 0.1) is 5.82 Å². The molecule has 0 saturated carbocycles. The number of amides is 1. The third-order valence-corrected chi connectivity index (χ3v) is 3.04. The lowest BCUT2D eigenvalue weighted by atomic mass is 10.2. The minimum Gasteiger partial charge on any atom is -0.497 e. The van der Waals surface area contributed by atoms with Crippen LogP contribution in [0.15, 0.2) is 36.4 Å². The van der Waals surface area contributed by atoms with Crippen molar-refractivity contribution in [3.63, 3.8) is 0 Å². The van der Waals surface area contributed by atoms with Crippen LogP contribution in [0.5, 0.6) is 17.2 Å². The SMILES string of the molecule is COc1ccc(NC(=O)Oc2ccc(F)cc2Cl)c(OC)c1. The van der Waals surface area contributed by atoms with E-state index in [4.69, 9.17) is 25.8 Å². The summed E-state index contributed by atoms with van der Waals surface area (Å²) < 4.78 is 28.2. The molecule has 0 saturated heterocycles. The average Bonchev–Trinajstić information content (AvgIpc) is 2.50. The molecule has 0 fully saturated rings. The number of carbonyl (C=O) groups excluding carboxylic acids is 1. The molecular weight excluding hydrogens is 313 g/mol. The van der Waals surface area contributed by atoms with Crippen molar-refractivity contribution in [2.45, 2.75) is 0 Å². The highest BCUT2D eigenvalue weighted by atomic mass is 35.5. The maximum atomic E-state index is 12.9. The van der Waals surface area contributed by atoms with E-state index in [0.717, 1.165) is 12.1 Å². The minimum atomic E-state index is -0.781. The first-order chi connectivity index (χ1) is 10.5. The van der Waals surface area contributed by atoms with Gasteiger partial charge in [-0.05, 0) is 30.3 Å². The van der Waals surface area contributed by atoms with E-state index in [1.807, 2.05) is 0 Å². The van der Waals surface area contributed by atoms with E-state index in [1.54, 1.807) is 18.2 Å². The number of benzene rings is 2. The van der Waals surface area contributed by atoms with Gasteiger partial charge in [0.15, 0.2) is 5.75 Å². The number of rotatable bonds is 4. The topological polar surface area (TPSA) is 56.8 Å². The molecule has 0 spiro atoms. The Labute approximate surface area is 131 Å². The lowest BCUT2D eigenvalue weighted by Crippen LogP contribution is -2.17. The Balaban J connectivity index is 2.12. The van der Waals surface area contributed by atoms with Crippen molar-refractivity contribution in [3.05, 3.63) is 47.2 Å². The van der Waals surface area contributed by atoms with E-state index < -0.39 is 11.9 Å². The molecule has 0 heterocycles. The minimum absolute atomic E-state index is 0.00292. The van der Waals surface area contributed by atoms with Crippen molar-refractivity contribution in [2.75, 3.05) is 19.5 Å². The fraction of sp³-hybridized carbons (Fsp3) is 0.133. The van der Waals surface area contributed by atoms with Crippen LogP contribution < -0.4 is 19.5 Å². The summed E-state index contributed by atoms with van der Waals surface area (Å²) in [7, 11) is 2.98. The van der Waals surface area contributed by atoms with Crippen molar-refractivity contribution < 1.29 is 23.4 Å². The maximum Gasteiger partial charge on any atom is 0.417 e. The van der Waals surface area contributed by atoms with Gasteiger partial charge in [-0.2, -0.15) is 0 Å². The highest BCUT2D eigenvalue weighted by molar-refractivity contribution is 6.32. The van der Waals surface area contributed by atoms with E-state index in [9.17, 15) is 9.18 Å². The summed E-state index contributed by atoms with van der Waals surface area (Å²) in [6.07, 6.45) is -0.781. The van der Waals surface area contributed by atoms with Gasteiger partial charge in [0.05, 0.1) is 24.9 Å². The van der Waals surface area contributed by atoms with Crippen LogP contribution in [0.2, 0.25) is 5.02 Å². The molecule has 116 valence electrons. The first-order valence-electron chi connectivity index (χ1n) is 6.19. The fourth-order valence-corrected chi connectivity index (χ4v) is 1.90. The maximum absolute atomic E-state index is 12.9. The summed E-state index contributed by atoms with van der Waals surface area (Å²) in [4.78, 5) is 11.9. The van der Waals surface area contributed by atoms with Crippen LogP contribution in [0.25, 0.3) is 0 Å². The largest absolute Gasteiger partial charge is 0.497 e. The van der Waals surface area contributed by atoms with Crippen molar-refractivity contribution >= 4 is 23.4 Å². The van der Waals surface area contributed by atoms with Gasteiger partial charge < -0.3 is 14.2 Å². The summed E-state index contributed by atoms with van der Waals surface area (Å²) >= 11 is 5.79. The first-order valence-corrected chi connectivity index (χ1v) is 6.57. The number of carbonyl (C=O) groups is 1. The smallest absolute Gasteiger partial charge is 0.417 e. The molecule has 7 heteroatoms. The van der Waals surface area contributed by atoms with Crippen LogP contribution in [0.4, 0.5) is 14.9 Å². The number of hydrogen-bond donors (Lipinski definition) is 1. The molecule has 1 N–H and O–H groups in total. The Morgan fingerprint density at radius 2 is 1.86 bits per heavy atom. The molecule has 2 aromatic carbocycles. The number of methoxy groups -OCH3 is 2. The second-order valence-electron chi connectivity index (χ2n) is 4.16. The number of halogens is 2. The molecule has 0 aliphatic carbocycles. The van der Waals surface area contributed by atoms with Crippen LogP contribution in [0.3, 0.4) is 0 Å². The predicted molar refractivity (Wildman–Crippen MR) is 80.6 cm³/mol. The van der Waals surface area contributed by atoms with E-state index in [0.29, 0.717) is 17.2 Å². The summed E-state index contributed by atoms with van der Waals surface area (Å²) in [5, 5.41) is 2.51. The molecule has 0 bridgehead atoms. The van der Waals surface area contributed by atoms with E-state index in [-0.39, 0.29) is 10.8 Å². The number of hydrogen-bond acceptors (Lipinski definition) is 4. The Hall–Kier alpha value is -2.47. The summed E-state index contributed by atoms with van der Waals surface area (Å²) in [6, 6.07) is 8.33. The van der Waals surface area contributed by atoms with Crippen LogP contribution >= 0.6 is 11.6 Å². The van der Waals surface area contributed by atoms with Gasteiger partial charge in [-0.15, -0.1) is 0 Å². The molecule has 0 unspecified atom stereocenters. The third-order valence-electron chi connectivity index (χ3n) is 2.74. The fourth-order valence-electron chi connectivity index (χ4n) is 1.70. The number of nitrogens with one attached hydrogen (secondary N) is 1. The molecular formula is C15H13ClFNO4. The van der Waals surface area contributed by atoms with Gasteiger partial charge in [-0.3, -0.25) is 5.32 Å². The molecule has 0 aliphatic rings. The lowest BCUT2D eigenvalue weighted by Gasteiger charge is -2.12. The Morgan fingerprint density at radius 1 is 1.09 bits per heavy atom. The molecule has 22 heavy (non-hydrogen) atoms. The predicted octanol–water partition coefficient (Wildman–Crippen LogP) is 4.11. The van der Waals surface area contributed by atoms with Crippen molar-refractivity contribution in [3.8, 4) is 17.2 Å². The highest BCUT2D eigenvalue weighted by Gasteiger charge is 2.12. The molecule has 5 nitrogen and oxygen atoms in total. The van der Waals surface area contributed by atoms with E-state index in [1.165, 1.54) is 20.3 Å². The molecule has 1 amide bonds. The molecule has 0 aromatic heterocycles. The Morgan fingerprint density at radius 3 is 2.50 bits per heavy atom. The molecule has 0 atom stereocenters. The zero-order valence-corrected chi connectivity index (χ0v) is 12.6. The standard InChI is InChI=1S/C15H13ClFNO4/c1-20-10-4-5-12(14(8-10)21-2)18-15(19)22-13-6-3-9(17)7-11(13)16/h3-8H,1-2H3,(H,18,19). The first kappa shape index (κ1) is 15.9. The molecule has 2 rings (SSSR count). The van der Waals surface area contributed by atoms with Crippen LogP contribution in [-0.2, 0) is 0 Å². The Bertz CT molecular complexity index is 693. The van der Waals surface area contributed by atoms with Crippen molar-refractivity contribution in [1.29, 1.82) is 0 Å². The normalized spacial score (nSPS) is 10.0. The average molecular weight is 326 g/mol. The van der Waals surface area contributed by atoms with Gasteiger partial charge in [0.25, 0.3) is 0 Å². The van der Waals surface area contributed by atoms with Crippen molar-refractivity contribution in [2.24, 2.45) is 0 Å².